The molecule has 2 rings (SSSR count). The zero-order chi connectivity index (χ0) is 21.9. The van der Waals surface area contributed by atoms with E-state index in [0.717, 1.165) is 5.75 Å². The quantitative estimate of drug-likeness (QED) is 0.195. The Morgan fingerprint density at radius 3 is 1.83 bits per heavy atom. The Kier molecular flexibility index (Phi) is 11.5. The molecular weight excluding hydrogens is 495 g/mol. The van der Waals surface area contributed by atoms with Crippen LogP contribution in [0.15, 0.2) is 24.3 Å². The molecule has 0 bridgehead atoms. The van der Waals surface area contributed by atoms with E-state index in [1.807, 2.05) is 12.1 Å². The van der Waals surface area contributed by atoms with Gasteiger partial charge in [0.2, 0.25) is 0 Å². The Hall–Kier alpha value is -0.291. The Labute approximate surface area is 195 Å². The van der Waals surface area contributed by atoms with Crippen molar-refractivity contribution in [3.63, 3.8) is 0 Å². The first-order chi connectivity index (χ1) is 14.5. The fourth-order valence-electron chi connectivity index (χ4n) is 5.35. The van der Waals surface area contributed by atoms with Gasteiger partial charge in [-0.15, -0.1) is 0 Å². The van der Waals surface area contributed by atoms with Crippen molar-refractivity contribution in [2.45, 2.75) is 115 Å². The molecule has 0 aromatic heterocycles. The third-order valence-corrected chi connectivity index (χ3v) is 25.8. The number of hydrogen-bond acceptors (Lipinski definition) is 3. The molecule has 1 aromatic carbocycles. The predicted molar refractivity (Wildman–Crippen MR) is 136 cm³/mol. The predicted octanol–water partition coefficient (Wildman–Crippen LogP) is 8.77. The van der Waals surface area contributed by atoms with Crippen LogP contribution in [0.2, 0.25) is 13.3 Å². The van der Waals surface area contributed by atoms with Gasteiger partial charge < -0.3 is 0 Å². The monoisotopic (exact) mass is 540 g/mol. The van der Waals surface area contributed by atoms with E-state index in [2.05, 4.69) is 39.8 Å². The van der Waals surface area contributed by atoms with Gasteiger partial charge in [0.1, 0.15) is 0 Å². The van der Waals surface area contributed by atoms with Crippen LogP contribution < -0.4 is 4.74 Å². The minimum atomic E-state index is -2.65. The minimum absolute atomic E-state index is 0.0359. The van der Waals surface area contributed by atoms with E-state index >= 15 is 0 Å². The second kappa shape index (κ2) is 13.3. The first-order valence-corrected chi connectivity index (χ1v) is 20.4. The average Bonchev–Trinajstić information content (AvgIpc) is 2.75. The van der Waals surface area contributed by atoms with Gasteiger partial charge in [-0.3, -0.25) is 0 Å². The van der Waals surface area contributed by atoms with Gasteiger partial charge in [0.15, 0.2) is 0 Å². The van der Waals surface area contributed by atoms with Crippen molar-refractivity contribution < 1.29 is 9.47 Å². The van der Waals surface area contributed by atoms with E-state index in [9.17, 15) is 0 Å². The van der Waals surface area contributed by atoms with Crippen LogP contribution in [0.4, 0.5) is 0 Å². The summed E-state index contributed by atoms with van der Waals surface area (Å²) < 4.78 is 17.3. The molecule has 0 amide bonds. The molecule has 0 spiro atoms. The van der Waals surface area contributed by atoms with Gasteiger partial charge in [-0.1, -0.05) is 0 Å². The molecule has 170 valence electrons. The fourth-order valence-corrected chi connectivity index (χ4v) is 25.6. The zero-order valence-corrected chi connectivity index (χ0v) is 23.6. The van der Waals surface area contributed by atoms with Crippen LogP contribution in [0.5, 0.6) is 5.75 Å². The molecule has 1 aromatic rings. The molecule has 1 aliphatic rings. The number of unbranched alkanes of at least 4 members (excludes halogenated alkanes) is 3. The second-order valence-corrected chi connectivity index (χ2v) is 23.9. The molecule has 1 saturated carbocycles. The van der Waals surface area contributed by atoms with Crippen LogP contribution in [-0.2, 0) is 4.74 Å². The summed E-state index contributed by atoms with van der Waals surface area (Å²) in [6.45, 7) is 9.12. The summed E-state index contributed by atoms with van der Waals surface area (Å²) in [6, 6.07) is 8.14. The Balaban J connectivity index is 2.31. The molecule has 0 heterocycles. The standard InChI is InChI=1S/C14H17O2S.3C4H9.Sn/c1-11-7-9-13(10-8-11)16-14(17)15-12-5-3-2-4-6-12;3*1-3-4-2;/h7-10H,2-6H2,1H3;3*1,3-4H2,2H3;. The van der Waals surface area contributed by atoms with Crippen LogP contribution in [-0.4, -0.2) is 27.2 Å². The third kappa shape index (κ3) is 7.11. The SMILES string of the molecule is CCC[CH2][Sn]([CH2]CCC)([CH2]CCC)[C]1(OC(=S)Oc2ccc(C)cc2)CCCCC1. The molecule has 2 nitrogen and oxygen atoms in total. The molecule has 0 atom stereocenters. The summed E-state index contributed by atoms with van der Waals surface area (Å²) in [5.74, 6) is 0.799. The van der Waals surface area contributed by atoms with Crippen molar-refractivity contribution in [2.75, 3.05) is 0 Å². The topological polar surface area (TPSA) is 18.5 Å². The van der Waals surface area contributed by atoms with Crippen molar-refractivity contribution in [1.82, 2.24) is 0 Å². The number of benzene rings is 1. The normalized spacial score (nSPS) is 16.3. The summed E-state index contributed by atoms with van der Waals surface area (Å²) in [7, 11) is 0. The van der Waals surface area contributed by atoms with Crippen molar-refractivity contribution in [1.29, 1.82) is 0 Å². The second-order valence-electron chi connectivity index (χ2n) is 9.41. The maximum absolute atomic E-state index is 6.87. The van der Waals surface area contributed by atoms with E-state index in [1.165, 1.54) is 89.5 Å². The van der Waals surface area contributed by atoms with Crippen LogP contribution in [0.3, 0.4) is 0 Å². The Morgan fingerprint density at radius 1 is 0.867 bits per heavy atom. The number of thiocarbonyl (C=S) groups is 1. The number of rotatable bonds is 12. The Bertz CT molecular complexity index is 601. The van der Waals surface area contributed by atoms with Crippen LogP contribution in [0.25, 0.3) is 0 Å². The van der Waals surface area contributed by atoms with Gasteiger partial charge in [0.25, 0.3) is 0 Å². The van der Waals surface area contributed by atoms with E-state index in [4.69, 9.17) is 21.7 Å². The molecule has 1 aliphatic carbocycles. The first kappa shape index (κ1) is 26.0. The molecule has 0 aliphatic heterocycles. The van der Waals surface area contributed by atoms with Gasteiger partial charge in [-0.25, -0.2) is 0 Å². The molecule has 0 saturated heterocycles. The van der Waals surface area contributed by atoms with Gasteiger partial charge in [-0.05, 0) is 0 Å². The summed E-state index contributed by atoms with van der Waals surface area (Å²) in [5.41, 5.74) is 1.23. The van der Waals surface area contributed by atoms with Gasteiger partial charge in [-0.2, -0.15) is 0 Å². The van der Waals surface area contributed by atoms with Gasteiger partial charge in [0, 0.05) is 0 Å². The van der Waals surface area contributed by atoms with E-state index in [1.54, 1.807) is 0 Å². The summed E-state index contributed by atoms with van der Waals surface area (Å²) in [4.78, 5) is 0. The van der Waals surface area contributed by atoms with Crippen molar-refractivity contribution in [3.05, 3.63) is 29.8 Å². The zero-order valence-electron chi connectivity index (χ0n) is 19.9. The van der Waals surface area contributed by atoms with Crippen LogP contribution in [0, 0.1) is 6.92 Å². The van der Waals surface area contributed by atoms with Crippen molar-refractivity contribution in [2.24, 2.45) is 0 Å². The molecule has 0 N–H and O–H groups in total. The summed E-state index contributed by atoms with van der Waals surface area (Å²) in [5, 5.41) is 0.367. The van der Waals surface area contributed by atoms with E-state index < -0.39 is 18.4 Å². The van der Waals surface area contributed by atoms with E-state index in [-0.39, 0.29) is 3.62 Å². The Morgan fingerprint density at radius 2 is 1.37 bits per heavy atom. The summed E-state index contributed by atoms with van der Waals surface area (Å²) >= 11 is 3.06. The van der Waals surface area contributed by atoms with Crippen LogP contribution in [0.1, 0.15) is 97.0 Å². The van der Waals surface area contributed by atoms with E-state index in [0.29, 0.717) is 5.24 Å². The van der Waals surface area contributed by atoms with Gasteiger partial charge >= 0.3 is 196 Å². The molecule has 30 heavy (non-hydrogen) atoms. The van der Waals surface area contributed by atoms with Crippen LogP contribution >= 0.6 is 12.2 Å². The number of hydrogen-bond donors (Lipinski definition) is 0. The number of ether oxygens (including phenoxy) is 2. The third-order valence-electron chi connectivity index (χ3n) is 7.16. The first-order valence-electron chi connectivity index (χ1n) is 12.5. The molecular formula is C26H44O2SSn. The number of aryl methyl sites for hydroxylation is 1. The van der Waals surface area contributed by atoms with Crippen molar-refractivity contribution >= 4 is 35.8 Å². The summed E-state index contributed by atoms with van der Waals surface area (Å²) in [6.07, 6.45) is 14.3. The molecule has 0 radical (unpaired) electrons. The molecule has 4 heteroatoms. The van der Waals surface area contributed by atoms with Gasteiger partial charge in [0.05, 0.1) is 0 Å². The average molecular weight is 539 g/mol. The van der Waals surface area contributed by atoms with Crippen molar-refractivity contribution in [3.8, 4) is 5.75 Å². The molecule has 1 fully saturated rings. The fraction of sp³-hybridized carbons (Fsp3) is 0.731. The maximum atomic E-state index is 6.87. The molecule has 0 unspecified atom stereocenters.